The van der Waals surface area contributed by atoms with Gasteiger partial charge in [-0.25, -0.2) is 8.78 Å². The fourth-order valence-electron chi connectivity index (χ4n) is 2.02. The maximum absolute atomic E-state index is 13.4. The molecule has 1 aromatic rings. The van der Waals surface area contributed by atoms with E-state index in [1.807, 2.05) is 4.90 Å². The monoisotopic (exact) mass is 212 g/mol. The normalized spacial score (nSPS) is 16.5. The Hall–Kier alpha value is -1.00. The molecule has 1 heterocycles. The molecule has 0 aliphatic carbocycles. The second-order valence-electron chi connectivity index (χ2n) is 3.80. The molecule has 0 unspecified atom stereocenters. The molecular formula is C11H14F2N2. The van der Waals surface area contributed by atoms with E-state index in [0.29, 0.717) is 30.6 Å². The lowest BCUT2D eigenvalue weighted by Gasteiger charge is -2.28. The standard InChI is InChI=1S/C11H14F2N2/c12-10-1-2-11(13)9-7-15(6-4-14)5-3-8(9)10/h1-2H,3-7,14H2. The molecule has 0 saturated heterocycles. The van der Waals surface area contributed by atoms with Crippen LogP contribution in [0.5, 0.6) is 0 Å². The molecular weight excluding hydrogens is 198 g/mol. The number of halogens is 2. The zero-order valence-corrected chi connectivity index (χ0v) is 8.47. The van der Waals surface area contributed by atoms with Crippen LogP contribution in [0.25, 0.3) is 0 Å². The zero-order valence-electron chi connectivity index (χ0n) is 8.47. The van der Waals surface area contributed by atoms with E-state index in [-0.39, 0.29) is 11.6 Å². The molecule has 0 radical (unpaired) electrons. The molecule has 0 saturated carbocycles. The first-order chi connectivity index (χ1) is 7.22. The molecule has 0 aromatic heterocycles. The number of nitrogens with two attached hydrogens (primary N) is 1. The van der Waals surface area contributed by atoms with Gasteiger partial charge in [0.15, 0.2) is 0 Å². The lowest BCUT2D eigenvalue weighted by Crippen LogP contribution is -2.35. The summed E-state index contributed by atoms with van der Waals surface area (Å²) in [5.41, 5.74) is 6.46. The Balaban J connectivity index is 2.28. The van der Waals surface area contributed by atoms with E-state index in [9.17, 15) is 8.78 Å². The number of fused-ring (bicyclic) bond motifs is 1. The van der Waals surface area contributed by atoms with Crippen LogP contribution in [0.4, 0.5) is 8.78 Å². The highest BCUT2D eigenvalue weighted by molar-refractivity contribution is 5.32. The molecule has 1 aliphatic rings. The van der Waals surface area contributed by atoms with Gasteiger partial charge in [-0.05, 0) is 24.1 Å². The summed E-state index contributed by atoms with van der Waals surface area (Å²) in [7, 11) is 0. The largest absolute Gasteiger partial charge is 0.329 e. The van der Waals surface area contributed by atoms with Crippen LogP contribution < -0.4 is 5.73 Å². The van der Waals surface area contributed by atoms with Crippen LogP contribution >= 0.6 is 0 Å². The first kappa shape index (κ1) is 10.5. The number of benzene rings is 1. The van der Waals surface area contributed by atoms with Gasteiger partial charge in [0.05, 0.1) is 0 Å². The fraction of sp³-hybridized carbons (Fsp3) is 0.455. The van der Waals surface area contributed by atoms with Crippen molar-refractivity contribution in [1.82, 2.24) is 4.90 Å². The smallest absolute Gasteiger partial charge is 0.128 e. The summed E-state index contributed by atoms with van der Waals surface area (Å²) in [4.78, 5) is 2.05. The summed E-state index contributed by atoms with van der Waals surface area (Å²) in [5, 5.41) is 0. The van der Waals surface area contributed by atoms with Crippen molar-refractivity contribution in [2.45, 2.75) is 13.0 Å². The van der Waals surface area contributed by atoms with Crippen molar-refractivity contribution in [3.05, 3.63) is 34.9 Å². The molecule has 15 heavy (non-hydrogen) atoms. The minimum Gasteiger partial charge on any atom is -0.329 e. The second kappa shape index (κ2) is 4.24. The molecule has 0 fully saturated rings. The number of rotatable bonds is 2. The van der Waals surface area contributed by atoms with Crippen molar-refractivity contribution < 1.29 is 8.78 Å². The molecule has 1 aromatic carbocycles. The summed E-state index contributed by atoms with van der Waals surface area (Å²) >= 11 is 0. The van der Waals surface area contributed by atoms with Gasteiger partial charge in [-0.3, -0.25) is 4.90 Å². The fourth-order valence-corrected chi connectivity index (χ4v) is 2.02. The van der Waals surface area contributed by atoms with E-state index in [1.165, 1.54) is 12.1 Å². The predicted octanol–water partition coefficient (Wildman–Crippen LogP) is 1.28. The number of hydrogen-bond donors (Lipinski definition) is 1. The Morgan fingerprint density at radius 1 is 1.20 bits per heavy atom. The van der Waals surface area contributed by atoms with Crippen LogP contribution in [0.15, 0.2) is 12.1 Å². The van der Waals surface area contributed by atoms with Crippen molar-refractivity contribution in [1.29, 1.82) is 0 Å². The molecule has 4 heteroatoms. The Kier molecular flexibility index (Phi) is 2.98. The van der Waals surface area contributed by atoms with Crippen LogP contribution in [0.2, 0.25) is 0 Å². The van der Waals surface area contributed by atoms with E-state index in [1.54, 1.807) is 0 Å². The first-order valence-corrected chi connectivity index (χ1v) is 5.10. The molecule has 2 rings (SSSR count). The Labute approximate surface area is 87.7 Å². The van der Waals surface area contributed by atoms with Gasteiger partial charge in [0.25, 0.3) is 0 Å². The van der Waals surface area contributed by atoms with Crippen LogP contribution in [-0.4, -0.2) is 24.5 Å². The third kappa shape index (κ3) is 2.01. The minimum atomic E-state index is -0.312. The molecule has 0 atom stereocenters. The zero-order chi connectivity index (χ0) is 10.8. The SMILES string of the molecule is NCCN1CCc2c(F)ccc(F)c2C1. The highest BCUT2D eigenvalue weighted by Crippen LogP contribution is 2.23. The van der Waals surface area contributed by atoms with Crippen LogP contribution in [0.3, 0.4) is 0 Å². The number of nitrogens with zero attached hydrogens (tertiary/aromatic N) is 1. The van der Waals surface area contributed by atoms with Gasteiger partial charge in [-0.1, -0.05) is 0 Å². The van der Waals surface area contributed by atoms with E-state index in [0.717, 1.165) is 13.1 Å². The van der Waals surface area contributed by atoms with Gasteiger partial charge < -0.3 is 5.73 Å². The Bertz CT molecular complexity index is 366. The van der Waals surface area contributed by atoms with Crippen molar-refractivity contribution in [3.63, 3.8) is 0 Å². The molecule has 82 valence electrons. The first-order valence-electron chi connectivity index (χ1n) is 5.10. The average Bonchev–Trinajstić information content (AvgIpc) is 2.24. The summed E-state index contributed by atoms with van der Waals surface area (Å²) in [6, 6.07) is 2.40. The van der Waals surface area contributed by atoms with E-state index in [2.05, 4.69) is 0 Å². The molecule has 0 amide bonds. The molecule has 2 nitrogen and oxygen atoms in total. The third-order valence-corrected chi connectivity index (χ3v) is 2.82. The summed E-state index contributed by atoms with van der Waals surface area (Å²) in [6.07, 6.45) is 0.568. The molecule has 2 N–H and O–H groups in total. The topological polar surface area (TPSA) is 29.3 Å². The van der Waals surface area contributed by atoms with E-state index >= 15 is 0 Å². The predicted molar refractivity (Wildman–Crippen MR) is 54.4 cm³/mol. The molecule has 0 spiro atoms. The van der Waals surface area contributed by atoms with Gasteiger partial charge in [0.1, 0.15) is 11.6 Å². The highest BCUT2D eigenvalue weighted by Gasteiger charge is 2.21. The van der Waals surface area contributed by atoms with E-state index in [4.69, 9.17) is 5.73 Å². The maximum Gasteiger partial charge on any atom is 0.128 e. The molecule has 0 bridgehead atoms. The van der Waals surface area contributed by atoms with Gasteiger partial charge in [0, 0.05) is 31.7 Å². The third-order valence-electron chi connectivity index (χ3n) is 2.82. The van der Waals surface area contributed by atoms with Crippen molar-refractivity contribution in [2.75, 3.05) is 19.6 Å². The van der Waals surface area contributed by atoms with Gasteiger partial charge in [-0.2, -0.15) is 0 Å². The van der Waals surface area contributed by atoms with Gasteiger partial charge in [-0.15, -0.1) is 0 Å². The number of hydrogen-bond acceptors (Lipinski definition) is 2. The van der Waals surface area contributed by atoms with Crippen molar-refractivity contribution in [2.24, 2.45) is 5.73 Å². The summed E-state index contributed by atoms with van der Waals surface area (Å²) in [5.74, 6) is -0.605. The quantitative estimate of drug-likeness (QED) is 0.800. The lowest BCUT2D eigenvalue weighted by atomic mass is 9.98. The van der Waals surface area contributed by atoms with Crippen molar-refractivity contribution in [3.8, 4) is 0 Å². The van der Waals surface area contributed by atoms with Crippen molar-refractivity contribution >= 4 is 0 Å². The molecule has 1 aliphatic heterocycles. The highest BCUT2D eigenvalue weighted by atomic mass is 19.1. The maximum atomic E-state index is 13.4. The Morgan fingerprint density at radius 2 is 1.87 bits per heavy atom. The second-order valence-corrected chi connectivity index (χ2v) is 3.80. The van der Waals surface area contributed by atoms with Gasteiger partial charge >= 0.3 is 0 Å². The Morgan fingerprint density at radius 3 is 2.53 bits per heavy atom. The van der Waals surface area contributed by atoms with Crippen LogP contribution in [0.1, 0.15) is 11.1 Å². The van der Waals surface area contributed by atoms with Gasteiger partial charge in [0.2, 0.25) is 0 Å². The average molecular weight is 212 g/mol. The summed E-state index contributed by atoms with van der Waals surface area (Å²) < 4.78 is 26.8. The summed E-state index contributed by atoms with van der Waals surface area (Å²) in [6.45, 7) is 2.50. The lowest BCUT2D eigenvalue weighted by molar-refractivity contribution is 0.253. The van der Waals surface area contributed by atoms with Crippen LogP contribution in [0, 0.1) is 11.6 Å². The van der Waals surface area contributed by atoms with E-state index < -0.39 is 0 Å². The minimum absolute atomic E-state index is 0.293. The van der Waals surface area contributed by atoms with Crippen LogP contribution in [-0.2, 0) is 13.0 Å².